The Morgan fingerprint density at radius 3 is 2.55 bits per heavy atom. The Bertz CT molecular complexity index is 998. The molecular weight excluding hydrogens is 468 g/mol. The first kappa shape index (κ1) is 27.9. The van der Waals surface area contributed by atoms with Crippen LogP contribution in [-0.4, -0.2) is 17.2 Å². The number of hydrogen-bond acceptors (Lipinski definition) is 3. The SMILES string of the molecule is CC(C)CCC[C@@H](C)[C@H]1CC[C@H]2[C@@H]3CC=C4C[C@@H](O)CC(CC(=O)Oc5ccccc5)[C@]4(C)[C@H]3CC[C@]12C. The Hall–Kier alpha value is -1.61. The first-order valence-electron chi connectivity index (χ1n) is 15.8. The Balaban J connectivity index is 1.34. The van der Waals surface area contributed by atoms with E-state index in [0.29, 0.717) is 35.8 Å². The van der Waals surface area contributed by atoms with Crippen molar-refractivity contribution in [2.24, 2.45) is 52.3 Å². The molecule has 1 N–H and O–H groups in total. The van der Waals surface area contributed by atoms with Crippen LogP contribution in [0.1, 0.15) is 105 Å². The fourth-order valence-corrected chi connectivity index (χ4v) is 10.1. The summed E-state index contributed by atoms with van der Waals surface area (Å²) in [5.74, 6) is 5.17. The highest BCUT2D eigenvalue weighted by atomic mass is 16.5. The molecule has 3 heteroatoms. The number of ether oxygens (including phenoxy) is 1. The molecule has 38 heavy (non-hydrogen) atoms. The van der Waals surface area contributed by atoms with Gasteiger partial charge < -0.3 is 9.84 Å². The molecule has 1 aromatic carbocycles. The molecule has 1 unspecified atom stereocenters. The maximum atomic E-state index is 13.1. The van der Waals surface area contributed by atoms with Crippen LogP contribution in [0, 0.1) is 52.3 Å². The molecule has 0 bridgehead atoms. The molecule has 3 saturated carbocycles. The highest BCUT2D eigenvalue weighted by Gasteiger charge is 2.61. The topological polar surface area (TPSA) is 46.5 Å². The first-order valence-corrected chi connectivity index (χ1v) is 15.8. The third kappa shape index (κ3) is 5.14. The minimum absolute atomic E-state index is 0.0137. The number of carbonyl (C=O) groups is 1. The van der Waals surface area contributed by atoms with E-state index in [-0.39, 0.29) is 23.4 Å². The number of aliphatic hydroxyl groups excluding tert-OH is 1. The number of rotatable bonds is 8. The maximum Gasteiger partial charge on any atom is 0.311 e. The predicted molar refractivity (Wildman–Crippen MR) is 155 cm³/mol. The number of para-hydroxylation sites is 1. The van der Waals surface area contributed by atoms with E-state index in [9.17, 15) is 9.90 Å². The molecule has 3 fully saturated rings. The molecule has 5 rings (SSSR count). The fourth-order valence-electron chi connectivity index (χ4n) is 10.1. The van der Waals surface area contributed by atoms with Crippen LogP contribution < -0.4 is 4.74 Å². The highest BCUT2D eigenvalue weighted by molar-refractivity contribution is 5.73. The van der Waals surface area contributed by atoms with E-state index in [1.807, 2.05) is 30.3 Å². The molecule has 4 aliphatic carbocycles. The number of aliphatic hydroxyl groups is 1. The molecule has 0 heterocycles. The van der Waals surface area contributed by atoms with Crippen LogP contribution in [0.3, 0.4) is 0 Å². The molecule has 0 aliphatic heterocycles. The van der Waals surface area contributed by atoms with E-state index in [1.54, 1.807) is 0 Å². The summed E-state index contributed by atoms with van der Waals surface area (Å²) in [5, 5.41) is 10.8. The molecule has 4 aliphatic rings. The number of hydrogen-bond donors (Lipinski definition) is 1. The Kier molecular flexibility index (Phi) is 8.17. The van der Waals surface area contributed by atoms with Gasteiger partial charge in [0.1, 0.15) is 5.75 Å². The molecule has 0 aromatic heterocycles. The van der Waals surface area contributed by atoms with Gasteiger partial charge in [-0.05, 0) is 109 Å². The largest absolute Gasteiger partial charge is 0.427 e. The van der Waals surface area contributed by atoms with E-state index in [2.05, 4.69) is 40.7 Å². The molecular formula is C35H52O3. The lowest BCUT2D eigenvalue weighted by Crippen LogP contribution is -2.54. The number of carbonyl (C=O) groups excluding carboxylic acids is 1. The summed E-state index contributed by atoms with van der Waals surface area (Å²) in [6, 6.07) is 9.44. The molecule has 210 valence electrons. The summed E-state index contributed by atoms with van der Waals surface area (Å²) >= 11 is 0. The van der Waals surface area contributed by atoms with Crippen molar-refractivity contribution < 1.29 is 14.6 Å². The third-order valence-electron chi connectivity index (χ3n) is 12.0. The average molecular weight is 521 g/mol. The number of esters is 1. The Morgan fingerprint density at radius 1 is 1.05 bits per heavy atom. The van der Waals surface area contributed by atoms with Gasteiger partial charge in [-0.15, -0.1) is 0 Å². The number of benzene rings is 1. The van der Waals surface area contributed by atoms with Gasteiger partial charge >= 0.3 is 5.97 Å². The smallest absolute Gasteiger partial charge is 0.311 e. The second-order valence-electron chi connectivity index (χ2n) is 14.4. The number of allylic oxidation sites excluding steroid dienone is 1. The number of fused-ring (bicyclic) bond motifs is 5. The highest BCUT2D eigenvalue weighted by Crippen LogP contribution is 2.68. The Labute approximate surface area is 231 Å². The van der Waals surface area contributed by atoms with Crippen molar-refractivity contribution in [3.05, 3.63) is 42.0 Å². The second kappa shape index (κ2) is 11.1. The van der Waals surface area contributed by atoms with Crippen molar-refractivity contribution in [3.8, 4) is 5.75 Å². The van der Waals surface area contributed by atoms with Crippen LogP contribution in [-0.2, 0) is 4.79 Å². The van der Waals surface area contributed by atoms with Crippen LogP contribution in [0.4, 0.5) is 0 Å². The van der Waals surface area contributed by atoms with Crippen molar-refractivity contribution in [1.82, 2.24) is 0 Å². The summed E-state index contributed by atoms with van der Waals surface area (Å²) in [5.41, 5.74) is 1.87. The normalized spacial score (nSPS) is 39.1. The minimum atomic E-state index is -0.350. The second-order valence-corrected chi connectivity index (χ2v) is 14.4. The lowest BCUT2D eigenvalue weighted by Gasteiger charge is -2.60. The van der Waals surface area contributed by atoms with Crippen molar-refractivity contribution in [3.63, 3.8) is 0 Å². The van der Waals surface area contributed by atoms with Gasteiger partial charge in [-0.1, -0.05) is 83.7 Å². The fraction of sp³-hybridized carbons (Fsp3) is 0.743. The van der Waals surface area contributed by atoms with Gasteiger partial charge in [-0.3, -0.25) is 4.79 Å². The van der Waals surface area contributed by atoms with Crippen molar-refractivity contribution in [1.29, 1.82) is 0 Å². The van der Waals surface area contributed by atoms with Crippen molar-refractivity contribution in [2.75, 3.05) is 0 Å². The molecule has 0 radical (unpaired) electrons. The molecule has 0 spiro atoms. The van der Waals surface area contributed by atoms with Gasteiger partial charge in [0, 0.05) is 6.42 Å². The van der Waals surface area contributed by atoms with Crippen LogP contribution in [0.5, 0.6) is 5.75 Å². The molecule has 3 nitrogen and oxygen atoms in total. The summed E-state index contributed by atoms with van der Waals surface area (Å²) in [4.78, 5) is 13.1. The van der Waals surface area contributed by atoms with Gasteiger partial charge in [0.05, 0.1) is 6.10 Å². The average Bonchev–Trinajstić information content (AvgIpc) is 3.22. The lowest BCUT2D eigenvalue weighted by molar-refractivity contribution is -0.139. The maximum absolute atomic E-state index is 13.1. The van der Waals surface area contributed by atoms with Gasteiger partial charge in [0.2, 0.25) is 0 Å². The summed E-state index contributed by atoms with van der Waals surface area (Å²) in [7, 11) is 0. The van der Waals surface area contributed by atoms with Crippen LogP contribution in [0.15, 0.2) is 42.0 Å². The first-order chi connectivity index (χ1) is 18.1. The summed E-state index contributed by atoms with van der Waals surface area (Å²) in [6.45, 7) is 12.3. The zero-order valence-corrected chi connectivity index (χ0v) is 24.6. The van der Waals surface area contributed by atoms with Gasteiger partial charge in [-0.25, -0.2) is 0 Å². The van der Waals surface area contributed by atoms with Gasteiger partial charge in [0.25, 0.3) is 0 Å². The molecule has 1 aromatic rings. The summed E-state index contributed by atoms with van der Waals surface area (Å²) in [6.07, 6.45) is 14.7. The minimum Gasteiger partial charge on any atom is -0.427 e. The van der Waals surface area contributed by atoms with E-state index in [4.69, 9.17) is 4.74 Å². The molecule has 0 saturated heterocycles. The van der Waals surface area contributed by atoms with Crippen LogP contribution in [0.2, 0.25) is 0 Å². The quantitative estimate of drug-likeness (QED) is 0.212. The van der Waals surface area contributed by atoms with Crippen LogP contribution in [0.25, 0.3) is 0 Å². The van der Waals surface area contributed by atoms with E-state index >= 15 is 0 Å². The van der Waals surface area contributed by atoms with E-state index < -0.39 is 0 Å². The van der Waals surface area contributed by atoms with E-state index in [0.717, 1.165) is 36.5 Å². The third-order valence-corrected chi connectivity index (χ3v) is 12.0. The zero-order chi connectivity index (χ0) is 27.1. The van der Waals surface area contributed by atoms with Crippen molar-refractivity contribution >= 4 is 5.97 Å². The van der Waals surface area contributed by atoms with Gasteiger partial charge in [-0.2, -0.15) is 0 Å². The zero-order valence-electron chi connectivity index (χ0n) is 24.6. The predicted octanol–water partition coefficient (Wildman–Crippen LogP) is 8.61. The Morgan fingerprint density at radius 2 is 1.82 bits per heavy atom. The monoisotopic (exact) mass is 520 g/mol. The van der Waals surface area contributed by atoms with Gasteiger partial charge in [0.15, 0.2) is 0 Å². The molecule has 9 atom stereocenters. The van der Waals surface area contributed by atoms with Crippen molar-refractivity contribution in [2.45, 2.75) is 111 Å². The van der Waals surface area contributed by atoms with E-state index in [1.165, 1.54) is 50.5 Å². The standard InChI is InChI=1S/C35H52O3/c1-23(2)10-9-11-24(3)30-16-17-31-29-15-14-25-20-27(36)21-26(22-33(37)38-28-12-7-6-8-13-28)35(25,5)32(29)18-19-34(30,31)4/h6-8,12-14,23-24,26-27,29-32,36H,9-11,15-22H2,1-5H3/t24-,26?,27-,29+,30-,31+,32+,34-,35-/m1/s1. The molecule has 0 amide bonds. The summed E-state index contributed by atoms with van der Waals surface area (Å²) < 4.78 is 5.75. The van der Waals surface area contributed by atoms with Crippen LogP contribution >= 0.6 is 0 Å². The lowest BCUT2D eigenvalue weighted by atomic mass is 9.44.